The van der Waals surface area contributed by atoms with Gasteiger partial charge >= 0.3 is 0 Å². The second kappa shape index (κ2) is 10.6. The van der Waals surface area contributed by atoms with E-state index in [2.05, 4.69) is 29.1 Å². The van der Waals surface area contributed by atoms with Crippen LogP contribution in [0, 0.1) is 11.8 Å². The van der Waals surface area contributed by atoms with E-state index in [0.29, 0.717) is 28.5 Å². The minimum atomic E-state index is 0.542. The number of ether oxygens (including phenoxy) is 1. The van der Waals surface area contributed by atoms with Crippen molar-refractivity contribution in [2.45, 2.75) is 26.2 Å². The predicted molar refractivity (Wildman–Crippen MR) is 118 cm³/mol. The molecule has 0 aliphatic carbocycles. The Labute approximate surface area is 179 Å². The van der Waals surface area contributed by atoms with E-state index in [1.807, 2.05) is 12.1 Å². The molecule has 0 spiro atoms. The molecule has 0 aromatic heterocycles. The Bertz CT molecular complexity index is 642. The van der Waals surface area contributed by atoms with Crippen LogP contribution < -0.4 is 10.1 Å². The maximum absolute atomic E-state index is 6.05. The normalized spacial score (nSPS) is 21.9. The molecule has 0 amide bonds. The number of halogens is 2. The van der Waals surface area contributed by atoms with Crippen LogP contribution in [-0.4, -0.2) is 68.7 Å². The molecule has 1 aromatic rings. The number of piperidine rings is 1. The summed E-state index contributed by atoms with van der Waals surface area (Å²) in [6.45, 7) is 9.05. The molecule has 1 aromatic carbocycles. The van der Waals surface area contributed by atoms with Crippen molar-refractivity contribution in [2.24, 2.45) is 16.8 Å². The molecule has 0 saturated carbocycles. The lowest BCUT2D eigenvalue weighted by molar-refractivity contribution is 0.179. The van der Waals surface area contributed by atoms with Crippen molar-refractivity contribution in [1.82, 2.24) is 15.1 Å². The zero-order valence-corrected chi connectivity index (χ0v) is 18.5. The molecular weight excluding hydrogens is 395 g/mol. The Morgan fingerprint density at radius 3 is 2.39 bits per heavy atom. The van der Waals surface area contributed by atoms with E-state index in [0.717, 1.165) is 57.3 Å². The molecule has 2 heterocycles. The number of nitrogens with one attached hydrogen (secondary N) is 1. The summed E-state index contributed by atoms with van der Waals surface area (Å²) in [6, 6.07) is 5.36. The Morgan fingerprint density at radius 1 is 1.11 bits per heavy atom. The third-order valence-corrected chi connectivity index (χ3v) is 6.00. The highest BCUT2D eigenvalue weighted by Gasteiger charge is 2.23. The molecule has 2 saturated heterocycles. The SMILES string of the molecule is CCNC(=NCC1CCN(C)C1)N1CCC(COc2cc(Cl)cc(Cl)c2)CC1. The number of benzene rings is 1. The summed E-state index contributed by atoms with van der Waals surface area (Å²) < 4.78 is 5.94. The van der Waals surface area contributed by atoms with E-state index >= 15 is 0 Å². The number of hydrogen-bond donors (Lipinski definition) is 1. The second-order valence-corrected chi connectivity index (χ2v) is 8.83. The number of hydrogen-bond acceptors (Lipinski definition) is 3. The van der Waals surface area contributed by atoms with Crippen molar-refractivity contribution >= 4 is 29.2 Å². The maximum atomic E-state index is 6.05. The van der Waals surface area contributed by atoms with Gasteiger partial charge in [0.15, 0.2) is 5.96 Å². The molecule has 1 N–H and O–H groups in total. The first-order valence-electron chi connectivity index (χ1n) is 10.3. The average molecular weight is 427 g/mol. The second-order valence-electron chi connectivity index (χ2n) is 7.96. The molecule has 1 atom stereocenters. The maximum Gasteiger partial charge on any atom is 0.193 e. The summed E-state index contributed by atoms with van der Waals surface area (Å²) in [7, 11) is 2.19. The predicted octanol–water partition coefficient (Wildman–Crippen LogP) is 4.00. The fourth-order valence-corrected chi connectivity index (χ4v) is 4.46. The van der Waals surface area contributed by atoms with Gasteiger partial charge in [-0.15, -0.1) is 0 Å². The molecule has 1 unspecified atom stereocenters. The zero-order chi connectivity index (χ0) is 19.9. The number of aliphatic imine (C=N–C) groups is 1. The minimum absolute atomic E-state index is 0.542. The lowest BCUT2D eigenvalue weighted by atomic mass is 9.98. The van der Waals surface area contributed by atoms with Gasteiger partial charge in [0.1, 0.15) is 5.75 Å². The zero-order valence-electron chi connectivity index (χ0n) is 17.0. The molecule has 156 valence electrons. The molecule has 0 bridgehead atoms. The molecule has 2 fully saturated rings. The summed E-state index contributed by atoms with van der Waals surface area (Å²) in [5.74, 6) is 3.05. The Hall–Kier alpha value is -1.17. The van der Waals surface area contributed by atoms with Crippen LogP contribution >= 0.6 is 23.2 Å². The van der Waals surface area contributed by atoms with Gasteiger partial charge in [0, 0.05) is 42.8 Å². The van der Waals surface area contributed by atoms with Crippen LogP contribution in [0.4, 0.5) is 0 Å². The lowest BCUT2D eigenvalue weighted by Gasteiger charge is -2.34. The van der Waals surface area contributed by atoms with Crippen LogP contribution in [0.25, 0.3) is 0 Å². The average Bonchev–Trinajstić information content (AvgIpc) is 3.08. The van der Waals surface area contributed by atoms with E-state index < -0.39 is 0 Å². The molecule has 7 heteroatoms. The summed E-state index contributed by atoms with van der Waals surface area (Å²) in [4.78, 5) is 9.73. The highest BCUT2D eigenvalue weighted by Crippen LogP contribution is 2.26. The monoisotopic (exact) mass is 426 g/mol. The highest BCUT2D eigenvalue weighted by molar-refractivity contribution is 6.34. The number of guanidine groups is 1. The smallest absolute Gasteiger partial charge is 0.193 e. The first kappa shape index (κ1) is 21.5. The number of rotatable bonds is 6. The molecule has 2 aliphatic rings. The van der Waals surface area contributed by atoms with Gasteiger partial charge in [0.2, 0.25) is 0 Å². The first-order valence-corrected chi connectivity index (χ1v) is 11.1. The van der Waals surface area contributed by atoms with Crippen LogP contribution in [0.15, 0.2) is 23.2 Å². The van der Waals surface area contributed by atoms with Crippen LogP contribution in [-0.2, 0) is 0 Å². The van der Waals surface area contributed by atoms with Crippen molar-refractivity contribution < 1.29 is 4.74 Å². The Morgan fingerprint density at radius 2 is 1.79 bits per heavy atom. The summed E-state index contributed by atoms with van der Waals surface area (Å²) in [5.41, 5.74) is 0. The van der Waals surface area contributed by atoms with Gasteiger partial charge in [-0.2, -0.15) is 0 Å². The van der Waals surface area contributed by atoms with Gasteiger partial charge < -0.3 is 19.9 Å². The van der Waals surface area contributed by atoms with Gasteiger partial charge in [-0.05, 0) is 69.8 Å². The van der Waals surface area contributed by atoms with E-state index in [4.69, 9.17) is 32.9 Å². The van der Waals surface area contributed by atoms with Crippen molar-refractivity contribution in [3.63, 3.8) is 0 Å². The number of nitrogens with zero attached hydrogens (tertiary/aromatic N) is 3. The first-order chi connectivity index (χ1) is 13.5. The van der Waals surface area contributed by atoms with E-state index in [-0.39, 0.29) is 0 Å². The quantitative estimate of drug-likeness (QED) is 0.550. The fourth-order valence-electron chi connectivity index (χ4n) is 3.95. The minimum Gasteiger partial charge on any atom is -0.493 e. The van der Waals surface area contributed by atoms with Crippen LogP contribution in [0.1, 0.15) is 26.2 Å². The topological polar surface area (TPSA) is 40.1 Å². The van der Waals surface area contributed by atoms with Gasteiger partial charge in [-0.1, -0.05) is 23.2 Å². The summed E-state index contributed by atoms with van der Waals surface area (Å²) >= 11 is 12.1. The van der Waals surface area contributed by atoms with Gasteiger partial charge in [-0.25, -0.2) is 0 Å². The lowest BCUT2D eigenvalue weighted by Crippen LogP contribution is -2.46. The van der Waals surface area contributed by atoms with Gasteiger partial charge in [0.05, 0.1) is 6.61 Å². The standard InChI is InChI=1S/C21H32Cl2N4O/c1-3-24-21(25-13-17-4-7-26(2)14-17)27-8-5-16(6-9-27)15-28-20-11-18(22)10-19(23)12-20/h10-12,16-17H,3-9,13-15H2,1-2H3,(H,24,25). The third kappa shape index (κ3) is 6.43. The summed E-state index contributed by atoms with van der Waals surface area (Å²) in [6.07, 6.45) is 3.46. The molecule has 2 aliphatic heterocycles. The highest BCUT2D eigenvalue weighted by atomic mass is 35.5. The fraction of sp³-hybridized carbons (Fsp3) is 0.667. The van der Waals surface area contributed by atoms with Crippen molar-refractivity contribution in [1.29, 1.82) is 0 Å². The Kier molecular flexibility index (Phi) is 8.12. The summed E-state index contributed by atoms with van der Waals surface area (Å²) in [5, 5.41) is 4.69. The largest absolute Gasteiger partial charge is 0.493 e. The molecular formula is C21H32Cl2N4O. The molecule has 5 nitrogen and oxygen atoms in total. The van der Waals surface area contributed by atoms with E-state index in [1.165, 1.54) is 13.0 Å². The van der Waals surface area contributed by atoms with Crippen molar-refractivity contribution in [3.05, 3.63) is 28.2 Å². The van der Waals surface area contributed by atoms with Crippen LogP contribution in [0.5, 0.6) is 5.75 Å². The van der Waals surface area contributed by atoms with Crippen molar-refractivity contribution in [3.8, 4) is 5.75 Å². The Balaban J connectivity index is 1.46. The van der Waals surface area contributed by atoms with Crippen LogP contribution in [0.2, 0.25) is 10.0 Å². The van der Waals surface area contributed by atoms with Gasteiger partial charge in [-0.3, -0.25) is 4.99 Å². The van der Waals surface area contributed by atoms with E-state index in [9.17, 15) is 0 Å². The third-order valence-electron chi connectivity index (χ3n) is 5.56. The van der Waals surface area contributed by atoms with E-state index in [1.54, 1.807) is 6.07 Å². The molecule has 28 heavy (non-hydrogen) atoms. The number of likely N-dealkylation sites (tertiary alicyclic amines) is 2. The van der Waals surface area contributed by atoms with Gasteiger partial charge in [0.25, 0.3) is 0 Å². The van der Waals surface area contributed by atoms with Crippen molar-refractivity contribution in [2.75, 3.05) is 52.9 Å². The molecule has 0 radical (unpaired) electrons. The van der Waals surface area contributed by atoms with Crippen LogP contribution in [0.3, 0.4) is 0 Å². The molecule has 3 rings (SSSR count).